The number of anilines is 1. The van der Waals surface area contributed by atoms with Gasteiger partial charge in [-0.25, -0.2) is 4.79 Å². The summed E-state index contributed by atoms with van der Waals surface area (Å²) in [5.74, 6) is -0.193. The predicted molar refractivity (Wildman–Crippen MR) is 87.3 cm³/mol. The summed E-state index contributed by atoms with van der Waals surface area (Å²) in [7, 11) is 0. The van der Waals surface area contributed by atoms with Gasteiger partial charge in [0.15, 0.2) is 6.61 Å². The summed E-state index contributed by atoms with van der Waals surface area (Å²) in [6.07, 6.45) is 2.13. The van der Waals surface area contributed by atoms with Gasteiger partial charge in [-0.1, -0.05) is 19.1 Å². The molecule has 0 saturated carbocycles. The van der Waals surface area contributed by atoms with Crippen molar-refractivity contribution in [1.82, 2.24) is 4.90 Å². The number of benzene rings is 1. The first kappa shape index (κ1) is 17.3. The molecule has 0 spiro atoms. The molecule has 6 nitrogen and oxygen atoms in total. The van der Waals surface area contributed by atoms with E-state index in [-0.39, 0.29) is 19.1 Å². The van der Waals surface area contributed by atoms with Gasteiger partial charge < -0.3 is 20.1 Å². The van der Waals surface area contributed by atoms with Crippen LogP contribution in [0.2, 0.25) is 0 Å². The molecule has 1 aromatic carbocycles. The zero-order chi connectivity index (χ0) is 16.7. The van der Waals surface area contributed by atoms with Gasteiger partial charge in [0.05, 0.1) is 12.2 Å². The number of carbonyl (C=O) groups is 2. The molecule has 1 atom stereocenters. The topological polar surface area (TPSA) is 78.9 Å². The van der Waals surface area contributed by atoms with E-state index in [2.05, 4.69) is 12.2 Å². The average molecular weight is 320 g/mol. The highest BCUT2D eigenvalue weighted by atomic mass is 16.5. The highest BCUT2D eigenvalue weighted by Crippen LogP contribution is 2.17. The van der Waals surface area contributed by atoms with E-state index in [9.17, 15) is 9.59 Å². The van der Waals surface area contributed by atoms with Crippen molar-refractivity contribution >= 4 is 17.6 Å². The third kappa shape index (κ3) is 4.96. The van der Waals surface area contributed by atoms with Gasteiger partial charge in [-0.3, -0.25) is 4.79 Å². The number of rotatable bonds is 6. The third-order valence-electron chi connectivity index (χ3n) is 3.91. The number of esters is 1. The van der Waals surface area contributed by atoms with Gasteiger partial charge in [0.1, 0.15) is 0 Å². The molecule has 1 aliphatic heterocycles. The van der Waals surface area contributed by atoms with Gasteiger partial charge >= 0.3 is 5.97 Å². The van der Waals surface area contributed by atoms with Crippen LogP contribution in [0.3, 0.4) is 0 Å². The zero-order valence-corrected chi connectivity index (χ0v) is 13.5. The summed E-state index contributed by atoms with van der Waals surface area (Å²) >= 11 is 0. The number of ether oxygens (including phenoxy) is 1. The lowest BCUT2D eigenvalue weighted by Gasteiger charge is -2.30. The van der Waals surface area contributed by atoms with E-state index >= 15 is 0 Å². The molecule has 1 aliphatic rings. The SMILES string of the molecule is C[C@@H]1CCCN(C(=O)COC(=O)c2ccccc2NCCO)C1. The third-order valence-corrected chi connectivity index (χ3v) is 3.91. The Labute approximate surface area is 136 Å². The Bertz CT molecular complexity index is 547. The van der Waals surface area contributed by atoms with Gasteiger partial charge in [0.25, 0.3) is 5.91 Å². The number of carbonyl (C=O) groups excluding carboxylic acids is 2. The number of hydrogen-bond acceptors (Lipinski definition) is 5. The van der Waals surface area contributed by atoms with Crippen LogP contribution in [0.15, 0.2) is 24.3 Å². The first-order valence-corrected chi connectivity index (χ1v) is 8.00. The zero-order valence-electron chi connectivity index (χ0n) is 13.5. The number of piperidine rings is 1. The lowest BCUT2D eigenvalue weighted by Crippen LogP contribution is -2.41. The summed E-state index contributed by atoms with van der Waals surface area (Å²) in [6.45, 7) is 3.65. The maximum atomic E-state index is 12.2. The molecular weight excluding hydrogens is 296 g/mol. The van der Waals surface area contributed by atoms with Crippen molar-refractivity contribution in [2.24, 2.45) is 5.92 Å². The maximum Gasteiger partial charge on any atom is 0.340 e. The number of para-hydroxylation sites is 1. The fourth-order valence-corrected chi connectivity index (χ4v) is 2.72. The quantitative estimate of drug-likeness (QED) is 0.777. The van der Waals surface area contributed by atoms with Gasteiger partial charge in [-0.15, -0.1) is 0 Å². The largest absolute Gasteiger partial charge is 0.452 e. The summed E-state index contributed by atoms with van der Waals surface area (Å²) in [4.78, 5) is 26.1. The number of aliphatic hydroxyl groups excluding tert-OH is 1. The predicted octanol–water partition coefficient (Wildman–Crippen LogP) is 1.51. The molecule has 6 heteroatoms. The molecule has 0 bridgehead atoms. The first-order valence-electron chi connectivity index (χ1n) is 8.00. The van der Waals surface area contributed by atoms with E-state index in [0.717, 1.165) is 25.9 Å². The highest BCUT2D eigenvalue weighted by molar-refractivity contribution is 5.96. The smallest absolute Gasteiger partial charge is 0.340 e. The first-order chi connectivity index (χ1) is 11.1. The van der Waals surface area contributed by atoms with Crippen molar-refractivity contribution in [2.45, 2.75) is 19.8 Å². The maximum absolute atomic E-state index is 12.2. The fourth-order valence-electron chi connectivity index (χ4n) is 2.72. The molecular formula is C17H24N2O4. The summed E-state index contributed by atoms with van der Waals surface area (Å²) < 4.78 is 5.17. The van der Waals surface area contributed by atoms with Gasteiger partial charge in [-0.2, -0.15) is 0 Å². The number of nitrogens with one attached hydrogen (secondary N) is 1. The molecule has 0 unspecified atom stereocenters. The van der Waals surface area contributed by atoms with Crippen molar-refractivity contribution < 1.29 is 19.4 Å². The molecule has 0 aromatic heterocycles. The molecule has 2 N–H and O–H groups in total. The molecule has 0 radical (unpaired) electrons. The molecule has 0 aliphatic carbocycles. The Morgan fingerprint density at radius 1 is 1.39 bits per heavy atom. The number of nitrogens with zero attached hydrogens (tertiary/aromatic N) is 1. The molecule has 1 fully saturated rings. The normalized spacial score (nSPS) is 17.7. The molecule has 1 aromatic rings. The van der Waals surface area contributed by atoms with Crippen LogP contribution in [0, 0.1) is 5.92 Å². The number of amides is 1. The Morgan fingerprint density at radius 2 is 2.17 bits per heavy atom. The van der Waals surface area contributed by atoms with Gasteiger partial charge in [-0.05, 0) is 30.9 Å². The minimum absolute atomic E-state index is 0.0327. The fraction of sp³-hybridized carbons (Fsp3) is 0.529. The van der Waals surface area contributed by atoms with Crippen molar-refractivity contribution in [3.63, 3.8) is 0 Å². The van der Waals surface area contributed by atoms with E-state index in [1.807, 2.05) is 0 Å². The van der Waals surface area contributed by atoms with E-state index < -0.39 is 5.97 Å². The van der Waals surface area contributed by atoms with Gasteiger partial charge in [0.2, 0.25) is 0 Å². The van der Waals surface area contributed by atoms with Gasteiger partial charge in [0, 0.05) is 25.3 Å². The Balaban J connectivity index is 1.90. The summed E-state index contributed by atoms with van der Waals surface area (Å²) in [6, 6.07) is 6.89. The second-order valence-corrected chi connectivity index (χ2v) is 5.86. The Morgan fingerprint density at radius 3 is 2.91 bits per heavy atom. The minimum atomic E-state index is -0.538. The number of hydrogen-bond donors (Lipinski definition) is 2. The minimum Gasteiger partial charge on any atom is -0.452 e. The van der Waals surface area contributed by atoms with Crippen molar-refractivity contribution in [1.29, 1.82) is 0 Å². The monoisotopic (exact) mass is 320 g/mol. The van der Waals surface area contributed by atoms with E-state index in [0.29, 0.717) is 23.7 Å². The van der Waals surface area contributed by atoms with Crippen molar-refractivity contribution in [3.05, 3.63) is 29.8 Å². The molecule has 1 amide bonds. The van der Waals surface area contributed by atoms with Crippen molar-refractivity contribution in [3.8, 4) is 0 Å². The molecule has 1 saturated heterocycles. The Kier molecular flexibility index (Phi) is 6.40. The van der Waals surface area contributed by atoms with Crippen LogP contribution in [-0.4, -0.2) is 54.7 Å². The van der Waals surface area contributed by atoms with Crippen LogP contribution in [0.5, 0.6) is 0 Å². The Hall–Kier alpha value is -2.08. The number of aliphatic hydroxyl groups is 1. The second kappa shape index (κ2) is 8.53. The van der Waals surface area contributed by atoms with Crippen LogP contribution in [-0.2, 0) is 9.53 Å². The van der Waals surface area contributed by atoms with Crippen molar-refractivity contribution in [2.75, 3.05) is 38.2 Å². The van der Waals surface area contributed by atoms with Crippen LogP contribution in [0.25, 0.3) is 0 Å². The molecule has 2 rings (SSSR count). The van der Waals surface area contributed by atoms with E-state index in [1.54, 1.807) is 29.2 Å². The van der Waals surface area contributed by atoms with Crippen LogP contribution in [0.4, 0.5) is 5.69 Å². The molecule has 23 heavy (non-hydrogen) atoms. The average Bonchev–Trinajstić information content (AvgIpc) is 2.57. The lowest BCUT2D eigenvalue weighted by atomic mass is 10.0. The standard InChI is InChI=1S/C17H24N2O4/c1-13-5-4-9-19(11-13)16(21)12-23-17(22)14-6-2-3-7-15(14)18-8-10-20/h2-3,6-7,13,18,20H,4-5,8-12H2,1H3/t13-/m1/s1. The molecule has 1 heterocycles. The van der Waals surface area contributed by atoms with E-state index in [4.69, 9.17) is 9.84 Å². The molecule has 126 valence electrons. The highest BCUT2D eigenvalue weighted by Gasteiger charge is 2.22. The van der Waals surface area contributed by atoms with Crippen LogP contribution >= 0.6 is 0 Å². The van der Waals surface area contributed by atoms with E-state index in [1.165, 1.54) is 0 Å². The number of likely N-dealkylation sites (tertiary alicyclic amines) is 1. The van der Waals surface area contributed by atoms with Crippen LogP contribution in [0.1, 0.15) is 30.1 Å². The second-order valence-electron chi connectivity index (χ2n) is 5.86. The summed E-state index contributed by atoms with van der Waals surface area (Å²) in [5, 5.41) is 11.8. The van der Waals surface area contributed by atoms with Crippen LogP contribution < -0.4 is 5.32 Å². The lowest BCUT2D eigenvalue weighted by molar-refractivity contribution is -0.136. The summed E-state index contributed by atoms with van der Waals surface area (Å²) in [5.41, 5.74) is 0.950.